The third-order valence-corrected chi connectivity index (χ3v) is 2.38. The molecular formula is C12H13N3O. The topological polar surface area (TPSA) is 58.0 Å². The fourth-order valence-corrected chi connectivity index (χ4v) is 1.48. The molecule has 82 valence electrons. The van der Waals surface area contributed by atoms with Gasteiger partial charge in [-0.1, -0.05) is 29.8 Å². The molecule has 4 nitrogen and oxygen atoms in total. The number of nitrogens with zero attached hydrogens (tertiary/aromatic N) is 2. The number of hydrogen-bond donors (Lipinski definition) is 2. The number of anilines is 1. The second-order valence-corrected chi connectivity index (χ2v) is 3.54. The Morgan fingerprint density at radius 2 is 1.81 bits per heavy atom. The summed E-state index contributed by atoms with van der Waals surface area (Å²) in [6.07, 6.45) is 1.43. The van der Waals surface area contributed by atoms with E-state index in [2.05, 4.69) is 15.3 Å². The molecule has 0 saturated carbocycles. The molecule has 0 amide bonds. The van der Waals surface area contributed by atoms with E-state index >= 15 is 0 Å². The van der Waals surface area contributed by atoms with E-state index in [-0.39, 0.29) is 5.75 Å². The molecule has 1 aromatic heterocycles. The largest absolute Gasteiger partial charge is 0.503 e. The molecule has 0 aliphatic heterocycles. The highest BCUT2D eigenvalue weighted by Crippen LogP contribution is 2.31. The molecule has 2 rings (SSSR count). The number of aryl methyl sites for hydroxylation is 1. The van der Waals surface area contributed by atoms with Crippen LogP contribution in [0.1, 0.15) is 5.56 Å². The van der Waals surface area contributed by atoms with E-state index in [1.54, 1.807) is 7.05 Å². The van der Waals surface area contributed by atoms with E-state index in [1.807, 2.05) is 31.2 Å². The van der Waals surface area contributed by atoms with Gasteiger partial charge >= 0.3 is 0 Å². The van der Waals surface area contributed by atoms with Crippen molar-refractivity contribution in [2.45, 2.75) is 6.92 Å². The lowest BCUT2D eigenvalue weighted by atomic mass is 10.1. The first kappa shape index (κ1) is 10.4. The predicted molar refractivity (Wildman–Crippen MR) is 63.4 cm³/mol. The van der Waals surface area contributed by atoms with E-state index in [1.165, 1.54) is 11.9 Å². The first-order chi connectivity index (χ1) is 7.72. The second-order valence-electron chi connectivity index (χ2n) is 3.54. The lowest BCUT2D eigenvalue weighted by molar-refractivity contribution is 0.474. The van der Waals surface area contributed by atoms with Gasteiger partial charge < -0.3 is 10.4 Å². The Morgan fingerprint density at radius 1 is 1.12 bits per heavy atom. The molecule has 1 heterocycles. The Morgan fingerprint density at radius 3 is 2.44 bits per heavy atom. The van der Waals surface area contributed by atoms with Crippen LogP contribution in [0.3, 0.4) is 0 Å². The van der Waals surface area contributed by atoms with Crippen LogP contribution in [-0.2, 0) is 0 Å². The van der Waals surface area contributed by atoms with Crippen molar-refractivity contribution < 1.29 is 5.11 Å². The van der Waals surface area contributed by atoms with Gasteiger partial charge in [0.2, 0.25) is 0 Å². The normalized spacial score (nSPS) is 10.1. The zero-order valence-electron chi connectivity index (χ0n) is 9.23. The van der Waals surface area contributed by atoms with E-state index in [4.69, 9.17) is 0 Å². The summed E-state index contributed by atoms with van der Waals surface area (Å²) in [5.74, 6) is 0.513. The molecule has 1 aromatic carbocycles. The summed E-state index contributed by atoms with van der Waals surface area (Å²) in [4.78, 5) is 8.01. The van der Waals surface area contributed by atoms with Gasteiger partial charge in [-0.3, -0.25) is 0 Å². The van der Waals surface area contributed by atoms with Crippen molar-refractivity contribution >= 4 is 5.82 Å². The molecule has 16 heavy (non-hydrogen) atoms. The van der Waals surface area contributed by atoms with Gasteiger partial charge in [0.25, 0.3) is 0 Å². The van der Waals surface area contributed by atoms with Crippen molar-refractivity contribution in [1.82, 2.24) is 9.97 Å². The minimum atomic E-state index is 0.0776. The summed E-state index contributed by atoms with van der Waals surface area (Å²) in [5, 5.41) is 12.7. The van der Waals surface area contributed by atoms with Crippen LogP contribution in [0.5, 0.6) is 5.75 Å². The molecule has 4 heteroatoms. The Bertz CT molecular complexity index is 494. The van der Waals surface area contributed by atoms with Gasteiger partial charge in [-0.2, -0.15) is 0 Å². The van der Waals surface area contributed by atoms with Gasteiger partial charge in [0.05, 0.1) is 0 Å². The van der Waals surface area contributed by atoms with Crippen molar-refractivity contribution in [1.29, 1.82) is 0 Å². The van der Waals surface area contributed by atoms with Crippen LogP contribution < -0.4 is 5.32 Å². The molecule has 0 radical (unpaired) electrons. The zero-order valence-corrected chi connectivity index (χ0v) is 9.23. The molecule has 2 aromatic rings. The van der Waals surface area contributed by atoms with Crippen LogP contribution in [0.4, 0.5) is 5.82 Å². The standard InChI is InChI=1S/C12H13N3O/c1-8-3-5-9(6-4-8)10-11(16)12(13-2)15-7-14-10/h3-7,16H,1-2H3,(H,13,14,15). The Hall–Kier alpha value is -2.10. The van der Waals surface area contributed by atoms with E-state index in [0.717, 1.165) is 5.56 Å². The van der Waals surface area contributed by atoms with Crippen molar-refractivity contribution in [3.8, 4) is 17.0 Å². The van der Waals surface area contributed by atoms with Gasteiger partial charge in [-0.05, 0) is 6.92 Å². The molecular weight excluding hydrogens is 202 g/mol. The van der Waals surface area contributed by atoms with Crippen molar-refractivity contribution in [3.63, 3.8) is 0 Å². The minimum absolute atomic E-state index is 0.0776. The van der Waals surface area contributed by atoms with Crippen LogP contribution >= 0.6 is 0 Å². The Balaban J connectivity index is 2.51. The summed E-state index contributed by atoms with van der Waals surface area (Å²) in [7, 11) is 1.71. The average molecular weight is 215 g/mol. The summed E-state index contributed by atoms with van der Waals surface area (Å²) in [5.41, 5.74) is 2.59. The number of aromatic hydroxyl groups is 1. The first-order valence-electron chi connectivity index (χ1n) is 5.01. The highest BCUT2D eigenvalue weighted by molar-refractivity contribution is 5.71. The van der Waals surface area contributed by atoms with Crippen LogP contribution in [0.2, 0.25) is 0 Å². The van der Waals surface area contributed by atoms with Gasteiger partial charge in [-0.15, -0.1) is 0 Å². The third kappa shape index (κ3) is 1.82. The van der Waals surface area contributed by atoms with Crippen molar-refractivity contribution in [2.75, 3.05) is 12.4 Å². The number of aromatic nitrogens is 2. The maximum atomic E-state index is 9.92. The third-order valence-electron chi connectivity index (χ3n) is 2.38. The summed E-state index contributed by atoms with van der Waals surface area (Å²) in [6, 6.07) is 7.82. The van der Waals surface area contributed by atoms with Gasteiger partial charge in [-0.25, -0.2) is 9.97 Å². The molecule has 0 aliphatic carbocycles. The lowest BCUT2D eigenvalue weighted by Gasteiger charge is -2.07. The summed E-state index contributed by atoms with van der Waals surface area (Å²) in [6.45, 7) is 2.02. The molecule has 0 aliphatic rings. The predicted octanol–water partition coefficient (Wildman–Crippen LogP) is 2.20. The maximum absolute atomic E-state index is 9.92. The lowest BCUT2D eigenvalue weighted by Crippen LogP contribution is -1.95. The Kier molecular flexibility index (Phi) is 2.72. The molecule has 0 fully saturated rings. The molecule has 0 spiro atoms. The summed E-state index contributed by atoms with van der Waals surface area (Å²) >= 11 is 0. The van der Waals surface area contributed by atoms with Gasteiger partial charge in [0, 0.05) is 12.6 Å². The van der Waals surface area contributed by atoms with Gasteiger partial charge in [0.1, 0.15) is 12.0 Å². The second kappa shape index (κ2) is 4.18. The smallest absolute Gasteiger partial charge is 0.185 e. The molecule has 0 atom stereocenters. The first-order valence-corrected chi connectivity index (χ1v) is 5.01. The average Bonchev–Trinajstić information content (AvgIpc) is 2.31. The van der Waals surface area contributed by atoms with E-state index in [0.29, 0.717) is 11.5 Å². The molecule has 0 saturated heterocycles. The Labute approximate surface area is 94.0 Å². The van der Waals surface area contributed by atoms with Crippen LogP contribution in [-0.4, -0.2) is 22.1 Å². The fourth-order valence-electron chi connectivity index (χ4n) is 1.48. The van der Waals surface area contributed by atoms with E-state index < -0.39 is 0 Å². The number of benzene rings is 1. The van der Waals surface area contributed by atoms with Crippen molar-refractivity contribution in [2.24, 2.45) is 0 Å². The van der Waals surface area contributed by atoms with E-state index in [9.17, 15) is 5.11 Å². The quantitative estimate of drug-likeness (QED) is 0.806. The maximum Gasteiger partial charge on any atom is 0.185 e. The molecule has 0 unspecified atom stereocenters. The SMILES string of the molecule is CNc1ncnc(-c2ccc(C)cc2)c1O. The van der Waals surface area contributed by atoms with Crippen LogP contribution in [0, 0.1) is 6.92 Å². The monoisotopic (exact) mass is 215 g/mol. The zero-order chi connectivity index (χ0) is 11.5. The number of rotatable bonds is 2. The highest BCUT2D eigenvalue weighted by Gasteiger charge is 2.10. The van der Waals surface area contributed by atoms with Gasteiger partial charge in [0.15, 0.2) is 11.6 Å². The molecule has 2 N–H and O–H groups in total. The number of hydrogen-bond acceptors (Lipinski definition) is 4. The van der Waals surface area contributed by atoms with Crippen LogP contribution in [0.15, 0.2) is 30.6 Å². The minimum Gasteiger partial charge on any atom is -0.503 e. The van der Waals surface area contributed by atoms with Crippen molar-refractivity contribution in [3.05, 3.63) is 36.2 Å². The highest BCUT2D eigenvalue weighted by atomic mass is 16.3. The van der Waals surface area contributed by atoms with Crippen LogP contribution in [0.25, 0.3) is 11.3 Å². The molecule has 0 bridgehead atoms. The summed E-state index contributed by atoms with van der Waals surface area (Å²) < 4.78 is 0. The fraction of sp³-hybridized carbons (Fsp3) is 0.167. The number of nitrogens with one attached hydrogen (secondary N) is 1.